The minimum Gasteiger partial charge on any atom is -0.464 e. The predicted molar refractivity (Wildman–Crippen MR) is 146 cm³/mol. The van der Waals surface area contributed by atoms with Crippen molar-refractivity contribution >= 4 is 34.3 Å². The van der Waals surface area contributed by atoms with Crippen LogP contribution in [0.2, 0.25) is 0 Å². The van der Waals surface area contributed by atoms with Gasteiger partial charge in [-0.25, -0.2) is 9.78 Å². The molecule has 2 aromatic heterocycles. The second-order valence-corrected chi connectivity index (χ2v) is 9.07. The number of hydrogen-bond acceptors (Lipinski definition) is 8. The van der Waals surface area contributed by atoms with E-state index in [1.165, 1.54) is 19.8 Å². The fourth-order valence-corrected chi connectivity index (χ4v) is 4.62. The Morgan fingerprint density at radius 1 is 1.03 bits per heavy atom. The zero-order valence-electron chi connectivity index (χ0n) is 21.9. The van der Waals surface area contributed by atoms with Crippen LogP contribution in [0.1, 0.15) is 28.0 Å². The summed E-state index contributed by atoms with van der Waals surface area (Å²) in [7, 11) is 2.76. The largest absolute Gasteiger partial charge is 0.464 e. The summed E-state index contributed by atoms with van der Waals surface area (Å²) in [4.78, 5) is 30.2. The maximum absolute atomic E-state index is 13.0. The lowest BCUT2D eigenvalue weighted by Crippen LogP contribution is -2.20. The van der Waals surface area contributed by atoms with Gasteiger partial charge in [-0.2, -0.15) is 0 Å². The molecule has 4 aromatic rings. The minimum atomic E-state index is -0.560. The van der Waals surface area contributed by atoms with Crippen LogP contribution in [0.4, 0.5) is 11.4 Å². The Hall–Kier alpha value is -4.57. The molecule has 2 N–H and O–H groups in total. The van der Waals surface area contributed by atoms with Gasteiger partial charge in [0.25, 0.3) is 0 Å². The van der Waals surface area contributed by atoms with E-state index in [4.69, 9.17) is 23.9 Å². The predicted octanol–water partition coefficient (Wildman–Crippen LogP) is 4.38. The molecule has 0 radical (unpaired) electrons. The number of fused-ring (bicyclic) bond motifs is 2. The van der Waals surface area contributed by atoms with E-state index in [2.05, 4.69) is 22.8 Å². The molecule has 0 fully saturated rings. The number of aromatic nitrogens is 2. The number of aryl methyl sites for hydroxylation is 2. The molecule has 10 nitrogen and oxygen atoms in total. The third-order valence-electron chi connectivity index (χ3n) is 6.44. The molecule has 5 rings (SSSR count). The summed E-state index contributed by atoms with van der Waals surface area (Å²) in [5.74, 6) is 0.489. The number of benzene rings is 2. The summed E-state index contributed by atoms with van der Waals surface area (Å²) in [5.41, 5.74) is 4.08. The monoisotopic (exact) mass is 530 g/mol. The van der Waals surface area contributed by atoms with Crippen LogP contribution < -0.4 is 20.1 Å². The molecular formula is C29H30N4O6. The Balaban J connectivity index is 1.46. The number of methoxy groups -OCH3 is 2. The van der Waals surface area contributed by atoms with Crippen LogP contribution in [0.15, 0.2) is 60.8 Å². The van der Waals surface area contributed by atoms with Gasteiger partial charge in [-0.15, -0.1) is 0 Å². The smallest absolute Gasteiger partial charge is 0.356 e. The Morgan fingerprint density at radius 3 is 2.64 bits per heavy atom. The van der Waals surface area contributed by atoms with Gasteiger partial charge >= 0.3 is 5.97 Å². The fourth-order valence-electron chi connectivity index (χ4n) is 4.62. The lowest BCUT2D eigenvalue weighted by atomic mass is 10.1. The van der Waals surface area contributed by atoms with E-state index >= 15 is 0 Å². The van der Waals surface area contributed by atoms with Crippen molar-refractivity contribution < 1.29 is 28.5 Å². The van der Waals surface area contributed by atoms with E-state index in [0.717, 1.165) is 29.8 Å². The van der Waals surface area contributed by atoms with Crippen molar-refractivity contribution in [3.63, 3.8) is 0 Å². The number of amides is 1. The van der Waals surface area contributed by atoms with E-state index in [1.54, 1.807) is 6.20 Å². The van der Waals surface area contributed by atoms with E-state index in [-0.39, 0.29) is 25.0 Å². The number of carbonyl (C=O) groups excluding carboxylic acids is 2. The number of esters is 1. The standard InChI is InChI=1S/C29H30N4O6/c1-36-17-25(34)32-26-22-14-21(30-15-20-10-11-23-24(13-20)39-18-38-23)16-31-28(22)33(27(26)29(35)37-2)12-6-9-19-7-4-3-5-8-19/h3-5,7-8,10-11,13-14,16,30H,6,9,12,15,17-18H2,1-2H3,(H,32,34). The number of nitrogens with one attached hydrogen (secondary N) is 2. The van der Waals surface area contributed by atoms with Crippen LogP contribution in [0.3, 0.4) is 0 Å². The first-order valence-electron chi connectivity index (χ1n) is 12.6. The number of carbonyl (C=O) groups is 2. The van der Waals surface area contributed by atoms with Crippen molar-refractivity contribution in [2.45, 2.75) is 25.9 Å². The van der Waals surface area contributed by atoms with Crippen molar-refractivity contribution in [1.29, 1.82) is 0 Å². The molecule has 0 bridgehead atoms. The van der Waals surface area contributed by atoms with Gasteiger partial charge in [0.2, 0.25) is 12.7 Å². The Bertz CT molecular complexity index is 1480. The molecule has 10 heteroatoms. The Morgan fingerprint density at radius 2 is 1.85 bits per heavy atom. The van der Waals surface area contributed by atoms with Crippen molar-refractivity contribution in [1.82, 2.24) is 9.55 Å². The lowest BCUT2D eigenvalue weighted by molar-refractivity contribution is -0.119. The van der Waals surface area contributed by atoms with Crippen molar-refractivity contribution in [2.24, 2.45) is 0 Å². The first-order chi connectivity index (χ1) is 19.1. The molecule has 2 aromatic carbocycles. The first-order valence-corrected chi connectivity index (χ1v) is 12.6. The molecule has 1 aliphatic heterocycles. The van der Waals surface area contributed by atoms with E-state index in [1.807, 2.05) is 47.0 Å². The van der Waals surface area contributed by atoms with Gasteiger partial charge in [-0.3, -0.25) is 4.79 Å². The summed E-state index contributed by atoms with van der Waals surface area (Å²) in [6.07, 6.45) is 3.29. The zero-order chi connectivity index (χ0) is 27.2. The number of nitrogens with zero attached hydrogens (tertiary/aromatic N) is 2. The number of anilines is 2. The molecule has 1 aliphatic rings. The highest BCUT2D eigenvalue weighted by Gasteiger charge is 2.26. The normalized spacial score (nSPS) is 11.9. The van der Waals surface area contributed by atoms with Crippen LogP contribution in [-0.2, 0) is 33.8 Å². The minimum absolute atomic E-state index is 0.156. The highest BCUT2D eigenvalue weighted by Crippen LogP contribution is 2.34. The van der Waals surface area contributed by atoms with Gasteiger partial charge in [0, 0.05) is 25.6 Å². The molecular weight excluding hydrogens is 500 g/mol. The molecule has 39 heavy (non-hydrogen) atoms. The lowest BCUT2D eigenvalue weighted by Gasteiger charge is -2.11. The maximum atomic E-state index is 13.0. The van der Waals surface area contributed by atoms with Gasteiger partial charge in [-0.1, -0.05) is 36.4 Å². The number of ether oxygens (including phenoxy) is 4. The second-order valence-electron chi connectivity index (χ2n) is 9.07. The van der Waals surface area contributed by atoms with Gasteiger partial charge in [-0.05, 0) is 42.2 Å². The topological polar surface area (TPSA) is 113 Å². The Kier molecular flexibility index (Phi) is 7.93. The summed E-state index contributed by atoms with van der Waals surface area (Å²) in [6.45, 7) is 1.08. The molecule has 0 spiro atoms. The Labute approximate surface area is 225 Å². The summed E-state index contributed by atoms with van der Waals surface area (Å²) >= 11 is 0. The van der Waals surface area contributed by atoms with Crippen LogP contribution in [-0.4, -0.2) is 49.0 Å². The third kappa shape index (κ3) is 5.80. The van der Waals surface area contributed by atoms with Crippen LogP contribution in [0.25, 0.3) is 11.0 Å². The molecule has 0 aliphatic carbocycles. The van der Waals surface area contributed by atoms with Crippen molar-refractivity contribution in [3.05, 3.63) is 77.6 Å². The SMILES string of the molecule is COCC(=O)Nc1c(C(=O)OC)n(CCCc2ccccc2)c2ncc(NCc3ccc4c(c3)OCO4)cc12. The molecule has 0 atom stereocenters. The van der Waals surface area contributed by atoms with Gasteiger partial charge < -0.3 is 34.1 Å². The average Bonchev–Trinajstić information content (AvgIpc) is 3.54. The van der Waals surface area contributed by atoms with Crippen LogP contribution in [0.5, 0.6) is 11.5 Å². The van der Waals surface area contributed by atoms with E-state index in [0.29, 0.717) is 35.6 Å². The molecule has 1 amide bonds. The van der Waals surface area contributed by atoms with Crippen molar-refractivity contribution in [3.8, 4) is 11.5 Å². The van der Waals surface area contributed by atoms with Crippen LogP contribution in [0, 0.1) is 0 Å². The highest BCUT2D eigenvalue weighted by atomic mass is 16.7. The molecule has 3 heterocycles. The van der Waals surface area contributed by atoms with Crippen molar-refractivity contribution in [2.75, 3.05) is 38.3 Å². The summed E-state index contributed by atoms with van der Waals surface area (Å²) in [5, 5.41) is 6.83. The zero-order valence-corrected chi connectivity index (χ0v) is 21.9. The van der Waals surface area contributed by atoms with E-state index in [9.17, 15) is 9.59 Å². The third-order valence-corrected chi connectivity index (χ3v) is 6.44. The maximum Gasteiger partial charge on any atom is 0.356 e. The molecule has 202 valence electrons. The van der Waals surface area contributed by atoms with Gasteiger partial charge in [0.1, 0.15) is 12.3 Å². The van der Waals surface area contributed by atoms with Crippen LogP contribution >= 0.6 is 0 Å². The quantitative estimate of drug-likeness (QED) is 0.275. The average molecular weight is 531 g/mol. The highest BCUT2D eigenvalue weighted by molar-refractivity contribution is 6.11. The number of rotatable bonds is 11. The fraction of sp³-hybridized carbons (Fsp3) is 0.276. The molecule has 0 unspecified atom stereocenters. The van der Waals surface area contributed by atoms with Gasteiger partial charge in [0.15, 0.2) is 17.2 Å². The summed E-state index contributed by atoms with van der Waals surface area (Å²) < 4.78 is 22.8. The number of hydrogen-bond donors (Lipinski definition) is 2. The summed E-state index contributed by atoms with van der Waals surface area (Å²) in [6, 6.07) is 17.8. The van der Waals surface area contributed by atoms with Gasteiger partial charge in [0.05, 0.1) is 24.7 Å². The molecule has 0 saturated heterocycles. The van der Waals surface area contributed by atoms with E-state index < -0.39 is 5.97 Å². The number of pyridine rings is 1. The molecule has 0 saturated carbocycles. The second kappa shape index (κ2) is 11.9. The first kappa shape index (κ1) is 26.1.